The zero-order valence-electron chi connectivity index (χ0n) is 14.7. The molecule has 0 saturated heterocycles. The second-order valence-electron chi connectivity index (χ2n) is 5.40. The molecule has 0 fully saturated rings. The lowest BCUT2D eigenvalue weighted by Crippen LogP contribution is -2.39. The van der Waals surface area contributed by atoms with Gasteiger partial charge in [-0.15, -0.1) is 35.3 Å². The standard InChI is InChI=1S/C17H22FN3O2S2.HI/c1-3-19-17(21-12-15-13(2)8-10-24-15)20-9-11-25(22,23)16-7-5-4-6-14(16)18;/h4-8,10H,3,9,11-12H2,1-2H3,(H2,19,20,21);1H. The van der Waals surface area contributed by atoms with Crippen LogP contribution in [0.25, 0.3) is 0 Å². The highest BCUT2D eigenvalue weighted by Crippen LogP contribution is 2.16. The minimum Gasteiger partial charge on any atom is -0.357 e. The summed E-state index contributed by atoms with van der Waals surface area (Å²) in [5.41, 5.74) is 1.19. The molecule has 2 N–H and O–H groups in total. The molecule has 0 aliphatic carbocycles. The van der Waals surface area contributed by atoms with Gasteiger partial charge in [-0.25, -0.2) is 17.8 Å². The monoisotopic (exact) mass is 511 g/mol. The van der Waals surface area contributed by atoms with Crippen molar-refractivity contribution in [2.24, 2.45) is 4.99 Å². The Bertz CT molecular complexity index is 838. The molecule has 0 aliphatic rings. The van der Waals surface area contributed by atoms with Crippen molar-refractivity contribution in [2.45, 2.75) is 25.3 Å². The van der Waals surface area contributed by atoms with Crippen molar-refractivity contribution in [1.82, 2.24) is 10.6 Å². The van der Waals surface area contributed by atoms with Gasteiger partial charge in [0.2, 0.25) is 0 Å². The minimum absolute atomic E-state index is 0. The van der Waals surface area contributed by atoms with Crippen LogP contribution in [0.2, 0.25) is 0 Å². The van der Waals surface area contributed by atoms with Crippen LogP contribution < -0.4 is 10.6 Å². The van der Waals surface area contributed by atoms with Crippen LogP contribution in [-0.2, 0) is 16.4 Å². The van der Waals surface area contributed by atoms with Crippen molar-refractivity contribution in [3.8, 4) is 0 Å². The maximum Gasteiger partial charge on any atom is 0.191 e. The van der Waals surface area contributed by atoms with E-state index in [1.165, 1.54) is 23.8 Å². The molecule has 1 heterocycles. The van der Waals surface area contributed by atoms with Crippen LogP contribution in [-0.4, -0.2) is 33.2 Å². The minimum atomic E-state index is -3.68. The van der Waals surface area contributed by atoms with Gasteiger partial charge in [0, 0.05) is 18.0 Å². The van der Waals surface area contributed by atoms with E-state index >= 15 is 0 Å². The molecule has 0 bridgehead atoms. The number of hydrogen-bond donors (Lipinski definition) is 2. The number of thiophene rings is 1. The molecule has 0 atom stereocenters. The summed E-state index contributed by atoms with van der Waals surface area (Å²) < 4.78 is 38.2. The van der Waals surface area contributed by atoms with Crippen LogP contribution in [0.15, 0.2) is 45.6 Å². The molecule has 2 rings (SSSR count). The summed E-state index contributed by atoms with van der Waals surface area (Å²) in [6, 6.07) is 7.45. The highest BCUT2D eigenvalue weighted by Gasteiger charge is 2.18. The number of rotatable bonds is 7. The SMILES string of the molecule is CCNC(=NCc1sccc1C)NCCS(=O)(=O)c1ccccc1F.I. The summed E-state index contributed by atoms with van der Waals surface area (Å²) in [5, 5.41) is 8.08. The second kappa shape index (κ2) is 10.8. The van der Waals surface area contributed by atoms with E-state index in [9.17, 15) is 12.8 Å². The van der Waals surface area contributed by atoms with Gasteiger partial charge in [0.25, 0.3) is 0 Å². The van der Waals surface area contributed by atoms with Gasteiger partial charge in [0.05, 0.1) is 12.3 Å². The third kappa shape index (κ3) is 6.51. The molecule has 0 saturated carbocycles. The fourth-order valence-electron chi connectivity index (χ4n) is 2.17. The van der Waals surface area contributed by atoms with Crippen molar-refractivity contribution in [2.75, 3.05) is 18.8 Å². The maximum atomic E-state index is 13.7. The van der Waals surface area contributed by atoms with E-state index in [1.54, 1.807) is 11.3 Å². The molecule has 5 nitrogen and oxygen atoms in total. The molecule has 0 aliphatic heterocycles. The van der Waals surface area contributed by atoms with Crippen LogP contribution in [0, 0.1) is 12.7 Å². The van der Waals surface area contributed by atoms with Crippen LogP contribution in [0.5, 0.6) is 0 Å². The highest BCUT2D eigenvalue weighted by molar-refractivity contribution is 14.0. The van der Waals surface area contributed by atoms with E-state index in [4.69, 9.17) is 0 Å². The number of sulfone groups is 1. The van der Waals surface area contributed by atoms with E-state index < -0.39 is 15.7 Å². The van der Waals surface area contributed by atoms with Crippen molar-refractivity contribution >= 4 is 51.1 Å². The van der Waals surface area contributed by atoms with Gasteiger partial charge >= 0.3 is 0 Å². The number of guanidine groups is 1. The average Bonchev–Trinajstić information content (AvgIpc) is 2.98. The van der Waals surface area contributed by atoms with Gasteiger partial charge in [-0.1, -0.05) is 12.1 Å². The van der Waals surface area contributed by atoms with E-state index in [0.717, 1.165) is 10.9 Å². The second-order valence-corrected chi connectivity index (χ2v) is 8.48. The summed E-state index contributed by atoms with van der Waals surface area (Å²) in [7, 11) is -3.68. The summed E-state index contributed by atoms with van der Waals surface area (Å²) in [6.45, 7) is 5.30. The van der Waals surface area contributed by atoms with Crippen LogP contribution in [0.4, 0.5) is 4.39 Å². The Morgan fingerprint density at radius 3 is 2.58 bits per heavy atom. The molecule has 1 aromatic carbocycles. The Hall–Kier alpha value is -1.20. The Balaban J connectivity index is 0.00000338. The highest BCUT2D eigenvalue weighted by atomic mass is 127. The van der Waals surface area contributed by atoms with Gasteiger partial charge in [-0.3, -0.25) is 0 Å². The molecule has 0 unspecified atom stereocenters. The zero-order chi connectivity index (χ0) is 18.3. The molecule has 0 radical (unpaired) electrons. The third-order valence-corrected chi connectivity index (χ3v) is 6.28. The van der Waals surface area contributed by atoms with Gasteiger partial charge < -0.3 is 10.6 Å². The summed E-state index contributed by atoms with van der Waals surface area (Å²) >= 11 is 1.64. The Morgan fingerprint density at radius 1 is 1.23 bits per heavy atom. The molecular weight excluding hydrogens is 488 g/mol. The summed E-state index contributed by atoms with van der Waals surface area (Å²) in [6.07, 6.45) is 0. The van der Waals surface area contributed by atoms with E-state index in [-0.39, 0.29) is 41.2 Å². The lowest BCUT2D eigenvalue weighted by molar-refractivity contribution is 0.566. The lowest BCUT2D eigenvalue weighted by Gasteiger charge is -2.12. The fourth-order valence-corrected chi connectivity index (χ4v) is 4.24. The quantitative estimate of drug-likeness (QED) is 0.340. The van der Waals surface area contributed by atoms with E-state index in [0.29, 0.717) is 19.0 Å². The molecule has 1 aromatic heterocycles. The first-order valence-corrected chi connectivity index (χ1v) is 10.5. The molecule has 0 spiro atoms. The van der Waals surface area contributed by atoms with Gasteiger partial charge in [0.15, 0.2) is 15.8 Å². The van der Waals surface area contributed by atoms with Gasteiger partial charge in [-0.05, 0) is 43.0 Å². The van der Waals surface area contributed by atoms with Crippen molar-refractivity contribution in [1.29, 1.82) is 0 Å². The van der Waals surface area contributed by atoms with Crippen molar-refractivity contribution in [3.05, 3.63) is 52.0 Å². The van der Waals surface area contributed by atoms with Gasteiger partial charge in [-0.2, -0.15) is 0 Å². The fraction of sp³-hybridized carbons (Fsp3) is 0.353. The number of halogens is 2. The molecule has 26 heavy (non-hydrogen) atoms. The Kier molecular flexibility index (Phi) is 9.51. The van der Waals surface area contributed by atoms with E-state index in [1.807, 2.05) is 25.3 Å². The number of aryl methyl sites for hydroxylation is 1. The molecule has 9 heteroatoms. The summed E-state index contributed by atoms with van der Waals surface area (Å²) in [4.78, 5) is 5.36. The Labute approximate surface area is 175 Å². The number of aliphatic imine (C=N–C) groups is 1. The number of nitrogens with zero attached hydrogens (tertiary/aromatic N) is 1. The normalized spacial score (nSPS) is 11.7. The lowest BCUT2D eigenvalue weighted by atomic mass is 10.3. The number of nitrogens with one attached hydrogen (secondary N) is 2. The first kappa shape index (κ1) is 22.8. The number of hydrogen-bond acceptors (Lipinski definition) is 4. The van der Waals surface area contributed by atoms with Crippen LogP contribution in [0.1, 0.15) is 17.4 Å². The summed E-state index contributed by atoms with van der Waals surface area (Å²) in [5.74, 6) is -0.397. The number of benzene rings is 1. The largest absolute Gasteiger partial charge is 0.357 e. The van der Waals surface area contributed by atoms with E-state index in [2.05, 4.69) is 15.6 Å². The molecule has 2 aromatic rings. The first-order valence-electron chi connectivity index (χ1n) is 7.96. The van der Waals surface area contributed by atoms with Crippen molar-refractivity contribution < 1.29 is 12.8 Å². The predicted octanol–water partition coefficient (Wildman–Crippen LogP) is 3.34. The molecular formula is C17H23FIN3O2S2. The maximum absolute atomic E-state index is 13.7. The smallest absolute Gasteiger partial charge is 0.191 e. The third-order valence-electron chi connectivity index (χ3n) is 3.53. The first-order chi connectivity index (χ1) is 11.9. The van der Waals surface area contributed by atoms with Crippen LogP contribution >= 0.6 is 35.3 Å². The molecule has 144 valence electrons. The zero-order valence-corrected chi connectivity index (χ0v) is 18.6. The predicted molar refractivity (Wildman–Crippen MR) is 116 cm³/mol. The topological polar surface area (TPSA) is 70.6 Å². The van der Waals surface area contributed by atoms with Crippen LogP contribution in [0.3, 0.4) is 0 Å². The van der Waals surface area contributed by atoms with Crippen molar-refractivity contribution in [3.63, 3.8) is 0 Å². The molecule has 0 amide bonds. The Morgan fingerprint density at radius 2 is 1.96 bits per heavy atom. The average molecular weight is 511 g/mol. The van der Waals surface area contributed by atoms with Gasteiger partial charge in [0.1, 0.15) is 10.7 Å².